The van der Waals surface area contributed by atoms with Gasteiger partial charge in [-0.1, -0.05) is 6.07 Å². The van der Waals surface area contributed by atoms with Gasteiger partial charge in [0.05, 0.1) is 17.5 Å². The van der Waals surface area contributed by atoms with Crippen LogP contribution in [0.5, 0.6) is 5.75 Å². The van der Waals surface area contributed by atoms with Crippen molar-refractivity contribution in [3.05, 3.63) is 53.9 Å². The van der Waals surface area contributed by atoms with Crippen LogP contribution in [0.2, 0.25) is 0 Å². The van der Waals surface area contributed by atoms with Crippen LogP contribution >= 0.6 is 0 Å². The lowest BCUT2D eigenvalue weighted by Crippen LogP contribution is -2.36. The number of pyridine rings is 1. The Bertz CT molecular complexity index is 850. The van der Waals surface area contributed by atoms with E-state index >= 15 is 0 Å². The Kier molecular flexibility index (Phi) is 6.46. The monoisotopic (exact) mass is 390 g/mol. The fourth-order valence-electron chi connectivity index (χ4n) is 3.39. The molecule has 1 saturated heterocycles. The third-order valence-corrected chi connectivity index (χ3v) is 6.26. The number of hydrogen-bond acceptors (Lipinski definition) is 5. The van der Waals surface area contributed by atoms with E-state index in [4.69, 9.17) is 9.47 Å². The normalized spacial score (nSPS) is 16.8. The minimum atomic E-state index is -3.69. The highest BCUT2D eigenvalue weighted by Crippen LogP contribution is 2.32. The van der Waals surface area contributed by atoms with Gasteiger partial charge in [0.25, 0.3) is 0 Å². The van der Waals surface area contributed by atoms with Crippen molar-refractivity contribution in [2.45, 2.75) is 37.6 Å². The molecule has 0 amide bonds. The lowest BCUT2D eigenvalue weighted by molar-refractivity contribution is 0.0564. The molecule has 1 atom stereocenters. The van der Waals surface area contributed by atoms with Gasteiger partial charge in [-0.15, -0.1) is 0 Å². The molecule has 1 fully saturated rings. The number of rotatable bonds is 7. The largest absolute Gasteiger partial charge is 0.494 e. The molecular weight excluding hydrogens is 364 g/mol. The lowest BCUT2D eigenvalue weighted by atomic mass is 9.88. The summed E-state index contributed by atoms with van der Waals surface area (Å²) in [6.45, 7) is 5.58. The number of aromatic nitrogens is 1. The van der Waals surface area contributed by atoms with Gasteiger partial charge < -0.3 is 9.47 Å². The zero-order valence-corrected chi connectivity index (χ0v) is 16.5. The minimum Gasteiger partial charge on any atom is -0.494 e. The molecule has 27 heavy (non-hydrogen) atoms. The zero-order valence-electron chi connectivity index (χ0n) is 15.7. The van der Waals surface area contributed by atoms with E-state index in [9.17, 15) is 8.42 Å². The summed E-state index contributed by atoms with van der Waals surface area (Å²) in [6, 6.07) is 8.36. The molecule has 2 heterocycles. The Labute approximate surface area is 161 Å². The molecule has 0 spiro atoms. The molecule has 7 heteroatoms. The van der Waals surface area contributed by atoms with Gasteiger partial charge in [0, 0.05) is 25.6 Å². The predicted octanol–water partition coefficient (Wildman–Crippen LogP) is 3.23. The first kappa shape index (κ1) is 19.8. The van der Waals surface area contributed by atoms with Crippen LogP contribution in [0.15, 0.2) is 47.6 Å². The molecule has 6 nitrogen and oxygen atoms in total. The number of nitrogens with zero attached hydrogens (tertiary/aromatic N) is 1. The van der Waals surface area contributed by atoms with Crippen molar-refractivity contribution in [3.8, 4) is 5.75 Å². The molecule has 1 aromatic heterocycles. The summed E-state index contributed by atoms with van der Waals surface area (Å²) in [5.74, 6) is 0.867. The van der Waals surface area contributed by atoms with Gasteiger partial charge in [0.1, 0.15) is 5.75 Å². The van der Waals surface area contributed by atoms with Crippen LogP contribution in [0.25, 0.3) is 0 Å². The second kappa shape index (κ2) is 8.82. The molecule has 0 aliphatic carbocycles. The molecule has 0 saturated carbocycles. The maximum absolute atomic E-state index is 13.1. The van der Waals surface area contributed by atoms with Crippen molar-refractivity contribution in [2.75, 3.05) is 19.8 Å². The molecule has 1 N–H and O–H groups in total. The highest BCUT2D eigenvalue weighted by molar-refractivity contribution is 7.89. The van der Waals surface area contributed by atoms with Gasteiger partial charge in [0.2, 0.25) is 10.0 Å². The molecule has 1 aliphatic heterocycles. The summed E-state index contributed by atoms with van der Waals surface area (Å²) in [7, 11) is -3.69. The van der Waals surface area contributed by atoms with Crippen molar-refractivity contribution in [2.24, 2.45) is 5.92 Å². The van der Waals surface area contributed by atoms with Crippen LogP contribution < -0.4 is 9.46 Å². The van der Waals surface area contributed by atoms with E-state index in [2.05, 4.69) is 9.71 Å². The van der Waals surface area contributed by atoms with E-state index in [1.165, 1.54) is 0 Å². The number of hydrogen-bond donors (Lipinski definition) is 1. The molecule has 1 aliphatic rings. The van der Waals surface area contributed by atoms with E-state index in [1.54, 1.807) is 30.6 Å². The van der Waals surface area contributed by atoms with Gasteiger partial charge in [-0.25, -0.2) is 13.1 Å². The lowest BCUT2D eigenvalue weighted by Gasteiger charge is -2.31. The average molecular weight is 391 g/mol. The second-order valence-electron chi connectivity index (χ2n) is 6.70. The van der Waals surface area contributed by atoms with Gasteiger partial charge in [-0.3, -0.25) is 4.98 Å². The summed E-state index contributed by atoms with van der Waals surface area (Å²) < 4.78 is 40.0. The topological polar surface area (TPSA) is 77.5 Å². The second-order valence-corrected chi connectivity index (χ2v) is 8.41. The quantitative estimate of drug-likeness (QED) is 0.785. The Balaban J connectivity index is 1.88. The van der Waals surface area contributed by atoms with E-state index in [0.717, 1.165) is 24.0 Å². The molecule has 3 rings (SSSR count). The SMILES string of the molecule is CCOc1ccc(S(=O)(=O)NC(c2cccnc2)C2CCOCC2)cc1C. The minimum absolute atomic E-state index is 0.168. The van der Waals surface area contributed by atoms with Crippen LogP contribution in [-0.2, 0) is 14.8 Å². The van der Waals surface area contributed by atoms with E-state index in [1.807, 2.05) is 26.0 Å². The first-order valence-corrected chi connectivity index (χ1v) is 10.7. The van der Waals surface area contributed by atoms with Crippen LogP contribution in [0.1, 0.15) is 36.9 Å². The van der Waals surface area contributed by atoms with Crippen molar-refractivity contribution >= 4 is 10.0 Å². The maximum atomic E-state index is 13.1. The van der Waals surface area contributed by atoms with Gasteiger partial charge in [-0.2, -0.15) is 0 Å². The molecule has 146 valence electrons. The van der Waals surface area contributed by atoms with Crippen LogP contribution in [0.3, 0.4) is 0 Å². The van der Waals surface area contributed by atoms with Gasteiger partial charge in [0.15, 0.2) is 0 Å². The van der Waals surface area contributed by atoms with Crippen LogP contribution in [0.4, 0.5) is 0 Å². The highest BCUT2D eigenvalue weighted by atomic mass is 32.2. The van der Waals surface area contributed by atoms with Crippen LogP contribution in [0, 0.1) is 12.8 Å². The summed E-state index contributed by atoms with van der Waals surface area (Å²) in [6.07, 6.45) is 5.04. The Morgan fingerprint density at radius 2 is 2.07 bits per heavy atom. The molecule has 1 unspecified atom stereocenters. The van der Waals surface area contributed by atoms with Gasteiger partial charge in [-0.05, 0) is 68.0 Å². The average Bonchev–Trinajstić information content (AvgIpc) is 2.69. The molecular formula is C20H26N2O4S. The molecule has 2 aromatic rings. The molecule has 1 aromatic carbocycles. The third kappa shape index (κ3) is 4.86. The Morgan fingerprint density at radius 3 is 2.70 bits per heavy atom. The highest BCUT2D eigenvalue weighted by Gasteiger charge is 2.30. The predicted molar refractivity (Wildman–Crippen MR) is 103 cm³/mol. The number of nitrogens with one attached hydrogen (secondary N) is 1. The van der Waals surface area contributed by atoms with E-state index < -0.39 is 10.0 Å². The third-order valence-electron chi connectivity index (χ3n) is 4.82. The standard InChI is InChI=1S/C20H26N2O4S/c1-3-26-19-7-6-18(13-15(19)2)27(23,24)22-20(16-8-11-25-12-9-16)17-5-4-10-21-14-17/h4-7,10,13-14,16,20,22H,3,8-9,11-12H2,1-2H3. The molecule has 0 radical (unpaired) electrons. The number of benzene rings is 1. The fourth-order valence-corrected chi connectivity index (χ4v) is 4.77. The summed E-state index contributed by atoms with van der Waals surface area (Å²) >= 11 is 0. The Morgan fingerprint density at radius 1 is 1.30 bits per heavy atom. The summed E-state index contributed by atoms with van der Waals surface area (Å²) in [5, 5.41) is 0. The van der Waals surface area contributed by atoms with Crippen molar-refractivity contribution < 1.29 is 17.9 Å². The number of ether oxygens (including phenoxy) is 2. The fraction of sp³-hybridized carbons (Fsp3) is 0.450. The number of aryl methyl sites for hydroxylation is 1. The first-order valence-electron chi connectivity index (χ1n) is 9.24. The van der Waals surface area contributed by atoms with E-state index in [-0.39, 0.29) is 16.9 Å². The summed E-state index contributed by atoms with van der Waals surface area (Å²) in [5.41, 5.74) is 1.67. The van der Waals surface area contributed by atoms with E-state index in [0.29, 0.717) is 25.6 Å². The maximum Gasteiger partial charge on any atom is 0.241 e. The smallest absolute Gasteiger partial charge is 0.241 e. The van der Waals surface area contributed by atoms with Crippen molar-refractivity contribution in [3.63, 3.8) is 0 Å². The van der Waals surface area contributed by atoms with Crippen molar-refractivity contribution in [1.29, 1.82) is 0 Å². The van der Waals surface area contributed by atoms with Gasteiger partial charge >= 0.3 is 0 Å². The molecule has 0 bridgehead atoms. The zero-order chi connectivity index (χ0) is 19.3. The van der Waals surface area contributed by atoms with Crippen molar-refractivity contribution in [1.82, 2.24) is 9.71 Å². The number of sulfonamides is 1. The van der Waals surface area contributed by atoms with Crippen LogP contribution in [-0.4, -0.2) is 33.2 Å². The first-order chi connectivity index (χ1) is 13.0. The Hall–Kier alpha value is -1.96. The summed E-state index contributed by atoms with van der Waals surface area (Å²) in [4.78, 5) is 4.41.